The summed E-state index contributed by atoms with van der Waals surface area (Å²) >= 11 is 4.65. The molecule has 0 aliphatic carbocycles. The minimum absolute atomic E-state index is 0.403. The van der Waals surface area contributed by atoms with Crippen LogP contribution in [0.5, 0.6) is 0 Å². The molecule has 0 amide bonds. The molecule has 0 spiro atoms. The van der Waals surface area contributed by atoms with Crippen molar-refractivity contribution in [2.45, 2.75) is 29.5 Å². The lowest BCUT2D eigenvalue weighted by Gasteiger charge is -2.42. The average molecular weight is 455 g/mol. The van der Waals surface area contributed by atoms with Crippen molar-refractivity contribution in [2.75, 3.05) is 26.7 Å². The molecular weight excluding hydrogens is 432 g/mol. The van der Waals surface area contributed by atoms with E-state index in [4.69, 9.17) is 0 Å². The summed E-state index contributed by atoms with van der Waals surface area (Å²) in [5, 5.41) is 0. The van der Waals surface area contributed by atoms with Crippen molar-refractivity contribution in [3.8, 4) is 0 Å². The maximum Gasteiger partial charge on any atom is 0.252 e. The Morgan fingerprint density at radius 2 is 1.81 bits per heavy atom. The van der Waals surface area contributed by atoms with Gasteiger partial charge in [0.15, 0.2) is 0 Å². The van der Waals surface area contributed by atoms with Gasteiger partial charge in [0.05, 0.1) is 3.79 Å². The van der Waals surface area contributed by atoms with Crippen LogP contribution in [-0.4, -0.2) is 44.3 Å². The molecule has 2 aliphatic heterocycles. The third-order valence-corrected chi connectivity index (χ3v) is 9.66. The summed E-state index contributed by atoms with van der Waals surface area (Å²) in [5.41, 5.74) is 2.89. The highest BCUT2D eigenvalue weighted by Gasteiger charge is 2.37. The Kier molecular flexibility index (Phi) is 5.27. The number of hydrogen-bond acceptors (Lipinski definition) is 4. The molecule has 0 radical (unpaired) electrons. The van der Waals surface area contributed by atoms with Crippen LogP contribution in [-0.2, 0) is 16.4 Å². The second-order valence-electron chi connectivity index (χ2n) is 7.17. The normalized spacial score (nSPS) is 23.1. The lowest BCUT2D eigenvalue weighted by Crippen LogP contribution is -2.43. The molecule has 140 valence electrons. The first-order chi connectivity index (χ1) is 12.5. The lowest BCUT2D eigenvalue weighted by atomic mass is 9.80. The molecule has 0 N–H and O–H groups in total. The zero-order valence-corrected chi connectivity index (χ0v) is 18.0. The molecule has 1 aromatic carbocycles. The average Bonchev–Trinajstić information content (AvgIpc) is 3.09. The van der Waals surface area contributed by atoms with Crippen molar-refractivity contribution in [2.24, 2.45) is 5.92 Å². The summed E-state index contributed by atoms with van der Waals surface area (Å²) < 4.78 is 28.7. The van der Waals surface area contributed by atoms with Gasteiger partial charge < -0.3 is 0 Å². The second-order valence-corrected chi connectivity index (χ2v) is 11.8. The Bertz CT molecular complexity index is 888. The van der Waals surface area contributed by atoms with Crippen LogP contribution in [0.3, 0.4) is 0 Å². The van der Waals surface area contributed by atoms with Crippen molar-refractivity contribution in [3.63, 3.8) is 0 Å². The minimum atomic E-state index is -3.36. The van der Waals surface area contributed by atoms with Gasteiger partial charge in [-0.05, 0) is 71.4 Å². The fourth-order valence-corrected chi connectivity index (χ4v) is 7.97. The number of nitrogens with zero attached hydrogens (tertiary/aromatic N) is 2. The predicted molar refractivity (Wildman–Crippen MR) is 109 cm³/mol. The molecule has 1 atom stereocenters. The van der Waals surface area contributed by atoms with Crippen LogP contribution in [0.15, 0.2) is 44.4 Å². The fourth-order valence-electron chi connectivity index (χ4n) is 4.33. The molecule has 7 heteroatoms. The van der Waals surface area contributed by atoms with Crippen LogP contribution in [0, 0.1) is 5.92 Å². The second kappa shape index (κ2) is 7.36. The zero-order chi connectivity index (χ0) is 18.3. The summed E-state index contributed by atoms with van der Waals surface area (Å²) in [7, 11) is -1.16. The van der Waals surface area contributed by atoms with E-state index in [2.05, 4.69) is 52.1 Å². The monoisotopic (exact) mass is 454 g/mol. The summed E-state index contributed by atoms with van der Waals surface area (Å²) in [5.74, 6) is 0.503. The van der Waals surface area contributed by atoms with Crippen molar-refractivity contribution < 1.29 is 8.42 Å². The van der Waals surface area contributed by atoms with Crippen LogP contribution in [0.2, 0.25) is 0 Å². The number of likely N-dealkylation sites (N-methyl/N-ethyl adjacent to an activating group) is 1. The van der Waals surface area contributed by atoms with E-state index in [1.54, 1.807) is 16.4 Å². The number of hydrogen-bond donors (Lipinski definition) is 0. The maximum atomic E-state index is 12.9. The van der Waals surface area contributed by atoms with Crippen LogP contribution in [0.25, 0.3) is 0 Å². The number of halogens is 1. The van der Waals surface area contributed by atoms with Crippen molar-refractivity contribution in [1.82, 2.24) is 9.21 Å². The molecule has 4 nitrogen and oxygen atoms in total. The molecule has 1 fully saturated rings. The summed E-state index contributed by atoms with van der Waals surface area (Å²) in [6, 6.07) is 12.6. The van der Waals surface area contributed by atoms with Crippen LogP contribution < -0.4 is 0 Å². The van der Waals surface area contributed by atoms with E-state index in [-0.39, 0.29) is 0 Å². The van der Waals surface area contributed by atoms with Gasteiger partial charge >= 0.3 is 0 Å². The van der Waals surface area contributed by atoms with Crippen LogP contribution >= 0.6 is 27.3 Å². The van der Waals surface area contributed by atoms with Gasteiger partial charge in [-0.1, -0.05) is 24.3 Å². The molecule has 1 aromatic heterocycles. The Hall–Kier alpha value is -0.730. The number of piperidine rings is 1. The number of fused-ring (bicyclic) bond motifs is 1. The van der Waals surface area contributed by atoms with Gasteiger partial charge in [0.25, 0.3) is 10.0 Å². The van der Waals surface area contributed by atoms with E-state index in [9.17, 15) is 8.42 Å². The minimum Gasteiger partial charge on any atom is -0.299 e. The first-order valence-corrected chi connectivity index (χ1v) is 12.1. The molecule has 0 bridgehead atoms. The molecule has 2 aliphatic rings. The van der Waals surface area contributed by atoms with Crippen LogP contribution in [0.4, 0.5) is 0 Å². The maximum absolute atomic E-state index is 12.9. The number of thiophene rings is 1. The summed E-state index contributed by atoms with van der Waals surface area (Å²) in [6.07, 6.45) is 2.92. The Morgan fingerprint density at radius 1 is 1.08 bits per heavy atom. The molecule has 1 saturated heterocycles. The Balaban J connectivity index is 1.51. The number of rotatable bonds is 3. The molecular formula is C19H23BrN2O2S2. The van der Waals surface area contributed by atoms with Gasteiger partial charge in [-0.2, -0.15) is 4.31 Å². The third-order valence-electron chi connectivity index (χ3n) is 5.67. The van der Waals surface area contributed by atoms with Gasteiger partial charge in [0, 0.05) is 25.7 Å². The van der Waals surface area contributed by atoms with E-state index < -0.39 is 10.0 Å². The van der Waals surface area contributed by atoms with Gasteiger partial charge in [0.2, 0.25) is 0 Å². The number of benzene rings is 1. The molecule has 26 heavy (non-hydrogen) atoms. The molecule has 3 heterocycles. The van der Waals surface area contributed by atoms with E-state index in [1.165, 1.54) is 22.5 Å². The third kappa shape index (κ3) is 3.40. The van der Waals surface area contributed by atoms with Crippen molar-refractivity contribution >= 4 is 37.3 Å². The summed E-state index contributed by atoms with van der Waals surface area (Å²) in [6.45, 7) is 2.29. The predicted octanol–water partition coefficient (Wildman–Crippen LogP) is 4.14. The quantitative estimate of drug-likeness (QED) is 0.699. The van der Waals surface area contributed by atoms with E-state index in [0.29, 0.717) is 29.3 Å². The van der Waals surface area contributed by atoms with Gasteiger partial charge in [-0.15, -0.1) is 11.3 Å². The number of sulfonamides is 1. The topological polar surface area (TPSA) is 40.6 Å². The Labute approximate surface area is 168 Å². The lowest BCUT2D eigenvalue weighted by molar-refractivity contribution is 0.122. The van der Waals surface area contributed by atoms with Crippen LogP contribution in [0.1, 0.15) is 30.0 Å². The molecule has 0 saturated carbocycles. The summed E-state index contributed by atoms with van der Waals surface area (Å²) in [4.78, 5) is 2.45. The standard InChI is InChI=1S/C19H23BrN2O2S2/c1-21-11-8-14-4-2-3-5-16(14)19(21)15-9-12-22(13-10-15)26(23,24)18-7-6-17(20)25-18/h2-7,15,19H,8-13H2,1H3. The highest BCUT2D eigenvalue weighted by atomic mass is 79.9. The largest absolute Gasteiger partial charge is 0.299 e. The SMILES string of the molecule is CN1CCc2ccccc2C1C1CCN(S(=O)(=O)c2ccc(Br)s2)CC1. The van der Waals surface area contributed by atoms with Gasteiger partial charge in [0.1, 0.15) is 4.21 Å². The van der Waals surface area contributed by atoms with E-state index in [1.807, 2.05) is 0 Å². The molecule has 4 rings (SSSR count). The Morgan fingerprint density at radius 3 is 2.50 bits per heavy atom. The fraction of sp³-hybridized carbons (Fsp3) is 0.474. The van der Waals surface area contributed by atoms with Crippen molar-refractivity contribution in [1.29, 1.82) is 0 Å². The van der Waals surface area contributed by atoms with Gasteiger partial charge in [-0.3, -0.25) is 4.90 Å². The zero-order valence-electron chi connectivity index (χ0n) is 14.8. The van der Waals surface area contributed by atoms with Gasteiger partial charge in [-0.25, -0.2) is 8.42 Å². The van der Waals surface area contributed by atoms with E-state index >= 15 is 0 Å². The van der Waals surface area contributed by atoms with Crippen molar-refractivity contribution in [3.05, 3.63) is 51.3 Å². The smallest absolute Gasteiger partial charge is 0.252 e. The highest BCUT2D eigenvalue weighted by molar-refractivity contribution is 9.11. The molecule has 2 aromatic rings. The highest BCUT2D eigenvalue weighted by Crippen LogP contribution is 2.40. The first-order valence-electron chi connectivity index (χ1n) is 9.00. The van der Waals surface area contributed by atoms with E-state index in [0.717, 1.165) is 29.6 Å². The molecule has 1 unspecified atom stereocenters. The first kappa shape index (κ1) is 18.6.